The third-order valence-corrected chi connectivity index (χ3v) is 5.16. The summed E-state index contributed by atoms with van der Waals surface area (Å²) in [6.45, 7) is 4.36. The number of rotatable bonds is 2. The zero-order valence-corrected chi connectivity index (χ0v) is 18.0. The van der Waals surface area contributed by atoms with Crippen molar-refractivity contribution in [3.63, 3.8) is 0 Å². The number of hydrogen-bond acceptors (Lipinski definition) is 0. The van der Waals surface area contributed by atoms with E-state index in [0.29, 0.717) is 0 Å². The molecule has 31 heavy (non-hydrogen) atoms. The molecule has 0 heterocycles. The molecule has 0 saturated heterocycles. The van der Waals surface area contributed by atoms with Crippen molar-refractivity contribution >= 4 is 21.5 Å². The summed E-state index contributed by atoms with van der Waals surface area (Å²) in [7, 11) is 0. The van der Waals surface area contributed by atoms with Crippen LogP contribution in [0, 0.1) is 0 Å². The Hall–Kier alpha value is -3.38. The molecule has 0 unspecified atom stereocenters. The van der Waals surface area contributed by atoms with Crippen LogP contribution in [0.25, 0.3) is 21.5 Å². The van der Waals surface area contributed by atoms with E-state index in [1.54, 1.807) is 0 Å². The van der Waals surface area contributed by atoms with Crippen LogP contribution >= 0.6 is 0 Å². The van der Waals surface area contributed by atoms with Crippen LogP contribution < -0.4 is 0 Å². The van der Waals surface area contributed by atoms with E-state index in [-0.39, 0.29) is 7.43 Å². The molecule has 5 rings (SSSR count). The second-order valence-corrected chi connectivity index (χ2v) is 7.22. The molecule has 0 radical (unpaired) electrons. The molecule has 0 fully saturated rings. The summed E-state index contributed by atoms with van der Waals surface area (Å²) in [6.07, 6.45) is 2.29. The first kappa shape index (κ1) is 23.9. The lowest BCUT2D eigenvalue weighted by molar-refractivity contribution is 1.10. The average molecular weight is 407 g/mol. The number of fused-ring (bicyclic) bond motifs is 2. The fourth-order valence-corrected chi connectivity index (χ4v) is 3.28. The Morgan fingerprint density at radius 1 is 0.355 bits per heavy atom. The van der Waals surface area contributed by atoms with Crippen molar-refractivity contribution in [2.24, 2.45) is 0 Å². The molecule has 0 bridgehead atoms. The third kappa shape index (κ3) is 7.42. The van der Waals surface area contributed by atoms with Gasteiger partial charge in [0, 0.05) is 0 Å². The maximum absolute atomic E-state index is 2.21. The van der Waals surface area contributed by atoms with Gasteiger partial charge in [0.1, 0.15) is 0 Å². The van der Waals surface area contributed by atoms with Crippen molar-refractivity contribution < 1.29 is 0 Å². The fraction of sp³-hybridized carbons (Fsp3) is 0.161. The van der Waals surface area contributed by atoms with Gasteiger partial charge in [-0.15, -0.1) is 0 Å². The van der Waals surface area contributed by atoms with Crippen molar-refractivity contribution in [3.05, 3.63) is 132 Å². The lowest BCUT2D eigenvalue weighted by atomic mass is 10.1. The zero-order chi connectivity index (χ0) is 21.0. The Morgan fingerprint density at radius 2 is 0.548 bits per heavy atom. The first-order valence-electron chi connectivity index (χ1n) is 10.8. The highest BCUT2D eigenvalue weighted by molar-refractivity contribution is 5.82. The molecule has 0 aromatic heterocycles. The van der Waals surface area contributed by atoms with E-state index in [2.05, 4.69) is 135 Å². The molecule has 0 atom stereocenters. The van der Waals surface area contributed by atoms with Gasteiger partial charge in [0.25, 0.3) is 0 Å². The Balaban J connectivity index is 0.000000163. The zero-order valence-electron chi connectivity index (χ0n) is 18.0. The maximum Gasteiger partial charge on any atom is -0.0184 e. The molecule has 0 amide bonds. The lowest BCUT2D eigenvalue weighted by Crippen LogP contribution is -1.81. The highest BCUT2D eigenvalue weighted by Gasteiger charge is 1.88. The van der Waals surface area contributed by atoms with E-state index in [4.69, 9.17) is 0 Å². The number of benzene rings is 5. The maximum atomic E-state index is 2.21. The molecule has 0 nitrogen and oxygen atoms in total. The topological polar surface area (TPSA) is 0 Å². The first-order valence-corrected chi connectivity index (χ1v) is 10.8. The standard InChI is InChI=1S/2C10H8.C10H14.CH4/c2*1-2-6-10-8-4-3-7-9(10)5-1;1-3-9-5-7-10(4-2)8-6-9;/h2*1-8H;5-8H,3-4H2,1-2H3;1H4. The Morgan fingerprint density at radius 3 is 0.710 bits per heavy atom. The second kappa shape index (κ2) is 13.0. The van der Waals surface area contributed by atoms with Crippen LogP contribution in [0.3, 0.4) is 0 Å². The molecule has 0 N–H and O–H groups in total. The predicted octanol–water partition coefficient (Wildman–Crippen LogP) is 9.13. The Kier molecular flexibility index (Phi) is 10.0. The van der Waals surface area contributed by atoms with Crippen LogP contribution in [-0.4, -0.2) is 0 Å². The van der Waals surface area contributed by atoms with Crippen LogP contribution in [0.15, 0.2) is 121 Å². The molecule has 5 aromatic carbocycles. The molecule has 0 spiro atoms. The van der Waals surface area contributed by atoms with E-state index in [9.17, 15) is 0 Å². The molecule has 0 aliphatic rings. The molecule has 158 valence electrons. The normalized spacial score (nSPS) is 9.61. The van der Waals surface area contributed by atoms with Crippen LogP contribution in [0.4, 0.5) is 0 Å². The van der Waals surface area contributed by atoms with Gasteiger partial charge in [0.2, 0.25) is 0 Å². The monoisotopic (exact) mass is 406 g/mol. The third-order valence-electron chi connectivity index (χ3n) is 5.16. The van der Waals surface area contributed by atoms with E-state index in [0.717, 1.165) is 12.8 Å². The summed E-state index contributed by atoms with van der Waals surface area (Å²) in [6, 6.07) is 42.3. The molecule has 0 aliphatic carbocycles. The van der Waals surface area contributed by atoms with Gasteiger partial charge < -0.3 is 0 Å². The smallest absolute Gasteiger partial charge is 0.0184 e. The van der Waals surface area contributed by atoms with Crippen LogP contribution in [0.1, 0.15) is 32.4 Å². The van der Waals surface area contributed by atoms with Gasteiger partial charge in [-0.3, -0.25) is 0 Å². The van der Waals surface area contributed by atoms with E-state index in [1.807, 2.05) is 0 Å². The highest BCUT2D eigenvalue weighted by atomic mass is 13.9. The SMILES string of the molecule is C.CCc1ccc(CC)cc1.c1ccc2ccccc2c1.c1ccc2ccccc2c1. The molecule has 0 saturated carbocycles. The second-order valence-electron chi connectivity index (χ2n) is 7.22. The summed E-state index contributed by atoms with van der Waals surface area (Å²) in [4.78, 5) is 0. The summed E-state index contributed by atoms with van der Waals surface area (Å²) in [5, 5.41) is 5.24. The van der Waals surface area contributed by atoms with Crippen LogP contribution in [0.5, 0.6) is 0 Å². The largest absolute Gasteiger partial charge is 0.0776 e. The quantitative estimate of drug-likeness (QED) is 0.274. The summed E-state index contributed by atoms with van der Waals surface area (Å²) in [5.41, 5.74) is 2.86. The van der Waals surface area contributed by atoms with Gasteiger partial charge >= 0.3 is 0 Å². The predicted molar refractivity (Wildman–Crippen MR) is 140 cm³/mol. The van der Waals surface area contributed by atoms with Crippen molar-refractivity contribution in [2.75, 3.05) is 0 Å². The summed E-state index contributed by atoms with van der Waals surface area (Å²) >= 11 is 0. The molecular weight excluding hydrogens is 372 g/mol. The van der Waals surface area contributed by atoms with Crippen molar-refractivity contribution in [3.8, 4) is 0 Å². The van der Waals surface area contributed by atoms with Gasteiger partial charge in [-0.25, -0.2) is 0 Å². The van der Waals surface area contributed by atoms with Crippen LogP contribution in [-0.2, 0) is 12.8 Å². The summed E-state index contributed by atoms with van der Waals surface area (Å²) < 4.78 is 0. The van der Waals surface area contributed by atoms with Crippen molar-refractivity contribution in [1.82, 2.24) is 0 Å². The Bertz CT molecular complexity index is 928. The van der Waals surface area contributed by atoms with Gasteiger partial charge in [-0.05, 0) is 45.5 Å². The van der Waals surface area contributed by atoms with Crippen molar-refractivity contribution in [2.45, 2.75) is 34.1 Å². The molecule has 0 aliphatic heterocycles. The van der Waals surface area contributed by atoms with Gasteiger partial charge in [0.05, 0.1) is 0 Å². The first-order chi connectivity index (χ1) is 14.8. The van der Waals surface area contributed by atoms with Gasteiger partial charge in [-0.1, -0.05) is 143 Å². The van der Waals surface area contributed by atoms with Gasteiger partial charge in [-0.2, -0.15) is 0 Å². The minimum atomic E-state index is 0. The minimum Gasteiger partial charge on any atom is -0.0776 e. The van der Waals surface area contributed by atoms with Crippen LogP contribution in [0.2, 0.25) is 0 Å². The number of aryl methyl sites for hydroxylation is 2. The lowest BCUT2D eigenvalue weighted by Gasteiger charge is -1.97. The Labute approximate surface area is 188 Å². The van der Waals surface area contributed by atoms with Crippen molar-refractivity contribution in [1.29, 1.82) is 0 Å². The fourth-order valence-electron chi connectivity index (χ4n) is 3.28. The highest BCUT2D eigenvalue weighted by Crippen LogP contribution is 2.12. The molecular formula is C31H34. The average Bonchev–Trinajstić information content (AvgIpc) is 2.85. The van der Waals surface area contributed by atoms with E-state index >= 15 is 0 Å². The molecule has 5 aromatic rings. The number of hydrogen-bond donors (Lipinski definition) is 0. The molecule has 0 heteroatoms. The van der Waals surface area contributed by atoms with E-state index in [1.165, 1.54) is 32.7 Å². The van der Waals surface area contributed by atoms with Gasteiger partial charge in [0.15, 0.2) is 0 Å². The minimum absolute atomic E-state index is 0. The summed E-state index contributed by atoms with van der Waals surface area (Å²) in [5.74, 6) is 0. The van der Waals surface area contributed by atoms with E-state index < -0.39 is 0 Å².